The van der Waals surface area contributed by atoms with Gasteiger partial charge in [-0.1, -0.05) is 30.3 Å². The number of aliphatic hydroxyl groups is 1. The molecule has 0 radical (unpaired) electrons. The molecule has 0 bridgehead atoms. The fourth-order valence-corrected chi connectivity index (χ4v) is 3.63. The van der Waals surface area contributed by atoms with E-state index >= 15 is 0 Å². The lowest BCUT2D eigenvalue weighted by atomic mass is 10.1. The lowest BCUT2D eigenvalue weighted by Gasteiger charge is -2.23. The van der Waals surface area contributed by atoms with E-state index in [1.54, 1.807) is 6.92 Å². The van der Waals surface area contributed by atoms with Crippen LogP contribution in [-0.4, -0.2) is 17.7 Å². The number of rotatable bonds is 4. The summed E-state index contributed by atoms with van der Waals surface area (Å²) >= 11 is 1.48. The average molecular weight is 316 g/mol. The third-order valence-electron chi connectivity index (χ3n) is 4.08. The van der Waals surface area contributed by atoms with Crippen molar-refractivity contribution in [2.75, 3.05) is 6.54 Å². The summed E-state index contributed by atoms with van der Waals surface area (Å²) < 4.78 is 0. The number of nitrogens with one attached hydrogen (secondary N) is 2. The van der Waals surface area contributed by atoms with Gasteiger partial charge in [0.1, 0.15) is 5.60 Å². The molecule has 1 aliphatic carbocycles. The molecule has 0 aliphatic heterocycles. The van der Waals surface area contributed by atoms with Crippen LogP contribution in [0.1, 0.15) is 35.4 Å². The second-order valence-electron chi connectivity index (χ2n) is 5.87. The number of aryl methyl sites for hydroxylation is 1. The predicted octanol–water partition coefficient (Wildman–Crippen LogP) is 2.94. The zero-order valence-corrected chi connectivity index (χ0v) is 13.3. The van der Waals surface area contributed by atoms with Gasteiger partial charge >= 0.3 is 6.03 Å². The van der Waals surface area contributed by atoms with E-state index < -0.39 is 5.60 Å². The first kappa shape index (κ1) is 15.1. The monoisotopic (exact) mass is 316 g/mol. The molecule has 116 valence electrons. The number of urea groups is 1. The molecule has 22 heavy (non-hydrogen) atoms. The van der Waals surface area contributed by atoms with Crippen LogP contribution in [0.4, 0.5) is 4.79 Å². The third-order valence-corrected chi connectivity index (χ3v) is 5.21. The highest BCUT2D eigenvalue weighted by Crippen LogP contribution is 2.30. The molecule has 0 fully saturated rings. The number of hydrogen-bond acceptors (Lipinski definition) is 3. The SMILES string of the molecule is CC(O)(CNC(=O)NC1CCc2ccccc21)c1cccs1. The third kappa shape index (κ3) is 3.15. The number of thiophene rings is 1. The molecule has 2 unspecified atom stereocenters. The van der Waals surface area contributed by atoms with E-state index in [9.17, 15) is 9.90 Å². The molecule has 2 atom stereocenters. The van der Waals surface area contributed by atoms with Crippen LogP contribution in [0.5, 0.6) is 0 Å². The Morgan fingerprint density at radius 3 is 2.95 bits per heavy atom. The predicted molar refractivity (Wildman–Crippen MR) is 87.9 cm³/mol. The Hall–Kier alpha value is -1.85. The number of hydrogen-bond donors (Lipinski definition) is 3. The fourth-order valence-electron chi connectivity index (χ4n) is 2.84. The van der Waals surface area contributed by atoms with Crippen molar-refractivity contribution in [3.05, 3.63) is 57.8 Å². The van der Waals surface area contributed by atoms with E-state index in [4.69, 9.17) is 0 Å². The van der Waals surface area contributed by atoms with E-state index in [0.29, 0.717) is 0 Å². The summed E-state index contributed by atoms with van der Waals surface area (Å²) in [4.78, 5) is 12.9. The van der Waals surface area contributed by atoms with Gasteiger partial charge in [0.15, 0.2) is 0 Å². The summed E-state index contributed by atoms with van der Waals surface area (Å²) in [6, 6.07) is 11.8. The standard InChI is InChI=1S/C17H20N2O2S/c1-17(21,15-7-4-10-22-15)11-18-16(20)19-14-9-8-12-5-2-3-6-13(12)14/h2-7,10,14,21H,8-9,11H2,1H3,(H2,18,19,20). The lowest BCUT2D eigenvalue weighted by Crippen LogP contribution is -2.44. The molecule has 1 aromatic heterocycles. The summed E-state index contributed by atoms with van der Waals surface area (Å²) in [6.45, 7) is 1.90. The van der Waals surface area contributed by atoms with E-state index in [-0.39, 0.29) is 18.6 Å². The molecule has 3 N–H and O–H groups in total. The Balaban J connectivity index is 1.56. The molecule has 0 saturated carbocycles. The molecule has 2 aromatic rings. The first-order valence-electron chi connectivity index (χ1n) is 7.45. The van der Waals surface area contributed by atoms with E-state index in [1.807, 2.05) is 29.6 Å². The molecular formula is C17H20N2O2S. The van der Waals surface area contributed by atoms with Gasteiger partial charge in [0.25, 0.3) is 0 Å². The highest BCUT2D eigenvalue weighted by atomic mass is 32.1. The van der Waals surface area contributed by atoms with Crippen molar-refractivity contribution in [2.24, 2.45) is 0 Å². The largest absolute Gasteiger partial charge is 0.383 e. The molecule has 1 aromatic carbocycles. The van der Waals surface area contributed by atoms with E-state index in [1.165, 1.54) is 22.5 Å². The highest BCUT2D eigenvalue weighted by molar-refractivity contribution is 7.10. The summed E-state index contributed by atoms with van der Waals surface area (Å²) in [5.74, 6) is 0. The van der Waals surface area contributed by atoms with Gasteiger partial charge in [-0.2, -0.15) is 0 Å². The average Bonchev–Trinajstić information content (AvgIpc) is 3.16. The molecule has 1 heterocycles. The van der Waals surface area contributed by atoms with Gasteiger partial charge in [-0.05, 0) is 42.3 Å². The van der Waals surface area contributed by atoms with Gasteiger partial charge in [0.2, 0.25) is 0 Å². The normalized spacial score (nSPS) is 19.3. The van der Waals surface area contributed by atoms with Crippen LogP contribution >= 0.6 is 11.3 Å². The maximum absolute atomic E-state index is 12.1. The van der Waals surface area contributed by atoms with Crippen LogP contribution in [0.3, 0.4) is 0 Å². The number of carbonyl (C=O) groups is 1. The lowest BCUT2D eigenvalue weighted by molar-refractivity contribution is 0.0630. The molecular weight excluding hydrogens is 296 g/mol. The summed E-state index contributed by atoms with van der Waals surface area (Å²) in [6.07, 6.45) is 1.92. The summed E-state index contributed by atoms with van der Waals surface area (Å²) in [5.41, 5.74) is 1.46. The van der Waals surface area contributed by atoms with Gasteiger partial charge in [-0.25, -0.2) is 4.79 Å². The number of amides is 2. The Bertz CT molecular complexity index is 652. The van der Waals surface area contributed by atoms with Crippen molar-refractivity contribution in [3.8, 4) is 0 Å². The van der Waals surface area contributed by atoms with Crippen molar-refractivity contribution >= 4 is 17.4 Å². The van der Waals surface area contributed by atoms with Gasteiger partial charge in [0.05, 0.1) is 12.6 Å². The molecule has 0 saturated heterocycles. The Labute approximate surface area is 134 Å². The smallest absolute Gasteiger partial charge is 0.315 e. The quantitative estimate of drug-likeness (QED) is 0.812. The number of benzene rings is 1. The van der Waals surface area contributed by atoms with Gasteiger partial charge < -0.3 is 15.7 Å². The first-order valence-corrected chi connectivity index (χ1v) is 8.33. The first-order chi connectivity index (χ1) is 10.6. The molecule has 0 spiro atoms. The van der Waals surface area contributed by atoms with Crippen molar-refractivity contribution < 1.29 is 9.90 Å². The van der Waals surface area contributed by atoms with Crippen LogP contribution in [0.15, 0.2) is 41.8 Å². The van der Waals surface area contributed by atoms with Crippen molar-refractivity contribution in [2.45, 2.75) is 31.4 Å². The zero-order valence-electron chi connectivity index (χ0n) is 12.5. The Kier molecular flexibility index (Phi) is 4.18. The zero-order chi connectivity index (χ0) is 15.6. The summed E-state index contributed by atoms with van der Waals surface area (Å²) in [7, 11) is 0. The van der Waals surface area contributed by atoms with Gasteiger partial charge in [-0.3, -0.25) is 0 Å². The van der Waals surface area contributed by atoms with Gasteiger partial charge in [0, 0.05) is 4.88 Å². The number of carbonyl (C=O) groups excluding carboxylic acids is 1. The minimum atomic E-state index is -1.04. The maximum Gasteiger partial charge on any atom is 0.315 e. The highest BCUT2D eigenvalue weighted by Gasteiger charge is 2.27. The maximum atomic E-state index is 12.1. The second kappa shape index (κ2) is 6.10. The van der Waals surface area contributed by atoms with Gasteiger partial charge in [-0.15, -0.1) is 11.3 Å². The second-order valence-corrected chi connectivity index (χ2v) is 6.82. The molecule has 4 nitrogen and oxygen atoms in total. The van der Waals surface area contributed by atoms with Crippen molar-refractivity contribution in [1.82, 2.24) is 10.6 Å². The van der Waals surface area contributed by atoms with Crippen LogP contribution in [0.25, 0.3) is 0 Å². The van der Waals surface area contributed by atoms with Crippen LogP contribution in [0.2, 0.25) is 0 Å². The minimum Gasteiger partial charge on any atom is -0.383 e. The van der Waals surface area contributed by atoms with Crippen molar-refractivity contribution in [1.29, 1.82) is 0 Å². The Morgan fingerprint density at radius 1 is 1.36 bits per heavy atom. The summed E-state index contributed by atoms with van der Waals surface area (Å²) in [5, 5.41) is 18.1. The van der Waals surface area contributed by atoms with Crippen LogP contribution in [-0.2, 0) is 12.0 Å². The van der Waals surface area contributed by atoms with Crippen LogP contribution in [0, 0.1) is 0 Å². The minimum absolute atomic E-state index is 0.0582. The number of fused-ring (bicyclic) bond motifs is 1. The molecule has 1 aliphatic rings. The fraction of sp³-hybridized carbons (Fsp3) is 0.353. The molecule has 5 heteroatoms. The molecule has 3 rings (SSSR count). The topological polar surface area (TPSA) is 61.4 Å². The van der Waals surface area contributed by atoms with E-state index in [2.05, 4.69) is 22.8 Å². The van der Waals surface area contributed by atoms with E-state index in [0.717, 1.165) is 17.7 Å². The van der Waals surface area contributed by atoms with Crippen LogP contribution < -0.4 is 10.6 Å². The molecule has 2 amide bonds. The van der Waals surface area contributed by atoms with Crippen molar-refractivity contribution in [3.63, 3.8) is 0 Å². The Morgan fingerprint density at radius 2 is 2.18 bits per heavy atom.